The summed E-state index contributed by atoms with van der Waals surface area (Å²) in [5, 5.41) is 9.53. The van der Waals surface area contributed by atoms with Crippen molar-refractivity contribution < 1.29 is 19.4 Å². The minimum atomic E-state index is -0.981. The molecule has 3 aromatic rings. The number of aryl methyl sites for hydroxylation is 2. The average Bonchev–Trinajstić information content (AvgIpc) is 2.79. The maximum atomic E-state index is 12.8. The maximum Gasteiger partial charge on any atom is 0.335 e. The lowest BCUT2D eigenvalue weighted by atomic mass is 10.1. The second-order valence-electron chi connectivity index (χ2n) is 7.22. The molecule has 168 valence electrons. The molecule has 2 aromatic carbocycles. The van der Waals surface area contributed by atoms with E-state index >= 15 is 0 Å². The van der Waals surface area contributed by atoms with Crippen LogP contribution in [0.25, 0.3) is 0 Å². The number of ether oxygens (including phenoxy) is 2. The van der Waals surface area contributed by atoms with Gasteiger partial charge in [-0.2, -0.15) is 0 Å². The molecule has 1 aromatic heterocycles. The molecule has 0 aliphatic carbocycles. The monoisotopic (exact) mass is 475 g/mol. The van der Waals surface area contributed by atoms with E-state index in [1.165, 1.54) is 6.07 Å². The first-order chi connectivity index (χ1) is 15.3. The van der Waals surface area contributed by atoms with Gasteiger partial charge in [-0.15, -0.1) is 0 Å². The van der Waals surface area contributed by atoms with Crippen molar-refractivity contribution in [1.29, 1.82) is 0 Å². The molecule has 6 nitrogen and oxygen atoms in total. The first-order valence-electron chi connectivity index (χ1n) is 9.94. The van der Waals surface area contributed by atoms with E-state index in [1.807, 2.05) is 12.1 Å². The number of aromatic carboxylic acids is 1. The van der Waals surface area contributed by atoms with Gasteiger partial charge in [-0.25, -0.2) is 4.79 Å². The number of hydrogen-bond acceptors (Lipinski definition) is 4. The van der Waals surface area contributed by atoms with Gasteiger partial charge in [0.1, 0.15) is 16.5 Å². The van der Waals surface area contributed by atoms with Crippen LogP contribution in [-0.2, 0) is 25.8 Å². The zero-order chi connectivity index (χ0) is 23.3. The average molecular weight is 476 g/mol. The molecule has 0 aliphatic rings. The number of pyridine rings is 1. The number of hydrogen-bond donors (Lipinski definition) is 1. The van der Waals surface area contributed by atoms with E-state index in [9.17, 15) is 9.59 Å². The molecule has 0 atom stereocenters. The van der Waals surface area contributed by atoms with Crippen molar-refractivity contribution in [1.82, 2.24) is 4.57 Å². The van der Waals surface area contributed by atoms with Gasteiger partial charge in [0.05, 0.1) is 24.8 Å². The number of methoxy groups -OCH3 is 2. The normalized spacial score (nSPS) is 10.8. The number of aromatic nitrogens is 1. The van der Waals surface area contributed by atoms with Gasteiger partial charge in [0, 0.05) is 18.3 Å². The fraction of sp³-hybridized carbons (Fsp3) is 0.250. The summed E-state index contributed by atoms with van der Waals surface area (Å²) in [6.07, 6.45) is 1.65. The van der Waals surface area contributed by atoms with E-state index in [-0.39, 0.29) is 16.1 Å². The molecule has 0 radical (unpaired) electrons. The van der Waals surface area contributed by atoms with Crippen LogP contribution >= 0.6 is 23.2 Å². The number of benzene rings is 2. The molecule has 32 heavy (non-hydrogen) atoms. The molecule has 1 heterocycles. The van der Waals surface area contributed by atoms with Gasteiger partial charge < -0.3 is 19.1 Å². The third kappa shape index (κ3) is 5.64. The summed E-state index contributed by atoms with van der Waals surface area (Å²) in [4.78, 5) is 23.8. The van der Waals surface area contributed by atoms with Crippen molar-refractivity contribution in [2.75, 3.05) is 14.2 Å². The Balaban J connectivity index is 1.84. The minimum Gasteiger partial charge on any atom is -0.497 e. The summed E-state index contributed by atoms with van der Waals surface area (Å²) >= 11 is 12.6. The molecule has 0 amide bonds. The number of rotatable bonds is 9. The molecule has 0 spiro atoms. The van der Waals surface area contributed by atoms with Crippen LogP contribution in [0.3, 0.4) is 0 Å². The largest absolute Gasteiger partial charge is 0.497 e. The summed E-state index contributed by atoms with van der Waals surface area (Å²) < 4.78 is 12.2. The van der Waals surface area contributed by atoms with Crippen LogP contribution in [0.1, 0.15) is 27.2 Å². The number of carboxylic acids is 1. The molecule has 0 fully saturated rings. The minimum absolute atomic E-state index is 0.0584. The van der Waals surface area contributed by atoms with Crippen molar-refractivity contribution in [3.05, 3.63) is 91.3 Å². The summed E-state index contributed by atoms with van der Waals surface area (Å²) in [5.41, 5.74) is 2.48. The first-order valence-corrected chi connectivity index (χ1v) is 10.7. The third-order valence-electron chi connectivity index (χ3n) is 5.19. The van der Waals surface area contributed by atoms with E-state index in [2.05, 4.69) is 0 Å². The van der Waals surface area contributed by atoms with E-state index in [0.29, 0.717) is 48.0 Å². The zero-order valence-corrected chi connectivity index (χ0v) is 19.2. The van der Waals surface area contributed by atoms with Gasteiger partial charge in [0.15, 0.2) is 0 Å². The lowest BCUT2D eigenvalue weighted by Gasteiger charge is -2.16. The number of halogens is 2. The first kappa shape index (κ1) is 23.7. The van der Waals surface area contributed by atoms with Crippen LogP contribution in [0.4, 0.5) is 0 Å². The molecule has 0 bridgehead atoms. The summed E-state index contributed by atoms with van der Waals surface area (Å²) in [7, 11) is 3.19. The van der Waals surface area contributed by atoms with E-state index in [1.54, 1.807) is 49.1 Å². The topological polar surface area (TPSA) is 77.8 Å². The predicted molar refractivity (Wildman–Crippen MR) is 125 cm³/mol. The summed E-state index contributed by atoms with van der Waals surface area (Å²) in [5.74, 6) is 0.387. The molecular formula is C24H23Cl2NO5. The van der Waals surface area contributed by atoms with Gasteiger partial charge in [-0.05, 0) is 60.7 Å². The molecule has 0 unspecified atom stereocenters. The second kappa shape index (κ2) is 10.6. The molecule has 8 heteroatoms. The van der Waals surface area contributed by atoms with Crippen LogP contribution < -0.4 is 15.0 Å². The third-order valence-corrected chi connectivity index (χ3v) is 5.79. The zero-order valence-electron chi connectivity index (χ0n) is 17.7. The van der Waals surface area contributed by atoms with Gasteiger partial charge in [-0.3, -0.25) is 4.79 Å². The molecule has 0 saturated carbocycles. The van der Waals surface area contributed by atoms with Crippen molar-refractivity contribution in [2.45, 2.75) is 25.8 Å². The highest BCUT2D eigenvalue weighted by Gasteiger charge is 2.14. The Bertz CT molecular complexity index is 1150. The summed E-state index contributed by atoms with van der Waals surface area (Å²) in [6.45, 7) is 0.363. The number of nitrogens with zero attached hydrogens (tertiary/aromatic N) is 1. The van der Waals surface area contributed by atoms with Crippen LogP contribution in [0.2, 0.25) is 10.0 Å². The molecule has 0 aliphatic heterocycles. The highest BCUT2D eigenvalue weighted by molar-refractivity contribution is 6.34. The summed E-state index contributed by atoms with van der Waals surface area (Å²) in [6, 6.07) is 13.7. The quantitative estimate of drug-likeness (QED) is 0.476. The SMILES string of the molecule is COc1cc(CCc2c(Cl)cc(Cl)c(=O)n2CCc2ccc(C(=O)O)cc2)cc(OC)c1. The standard InChI is InChI=1S/C24H23Cl2NO5/c1-31-18-11-16(12-19(13-18)32-2)5-8-22-20(25)14-21(26)23(28)27(22)10-9-15-3-6-17(7-4-15)24(29)30/h3-4,6-7,11-14H,5,8-10H2,1-2H3,(H,29,30). The lowest BCUT2D eigenvalue weighted by molar-refractivity contribution is 0.0697. The van der Waals surface area contributed by atoms with Gasteiger partial charge in [-0.1, -0.05) is 35.3 Å². The van der Waals surface area contributed by atoms with E-state index in [0.717, 1.165) is 11.1 Å². The van der Waals surface area contributed by atoms with Crippen molar-refractivity contribution in [3.63, 3.8) is 0 Å². The Morgan fingerprint density at radius 3 is 2.06 bits per heavy atom. The Labute approximate surface area is 195 Å². The van der Waals surface area contributed by atoms with Crippen LogP contribution in [0, 0.1) is 0 Å². The molecule has 3 rings (SSSR count). The van der Waals surface area contributed by atoms with Crippen LogP contribution in [0.15, 0.2) is 53.3 Å². The number of carbonyl (C=O) groups is 1. The highest BCUT2D eigenvalue weighted by Crippen LogP contribution is 2.25. The van der Waals surface area contributed by atoms with E-state index in [4.69, 9.17) is 37.8 Å². The fourth-order valence-corrected chi connectivity index (χ4v) is 4.03. The highest BCUT2D eigenvalue weighted by atomic mass is 35.5. The van der Waals surface area contributed by atoms with Crippen molar-refractivity contribution in [2.24, 2.45) is 0 Å². The predicted octanol–water partition coefficient (Wildman–Crippen LogP) is 4.90. The second-order valence-corrected chi connectivity index (χ2v) is 8.03. The van der Waals surface area contributed by atoms with Gasteiger partial charge >= 0.3 is 5.97 Å². The molecule has 0 saturated heterocycles. The van der Waals surface area contributed by atoms with Gasteiger partial charge in [0.25, 0.3) is 5.56 Å². The molecular weight excluding hydrogens is 453 g/mol. The fourth-order valence-electron chi connectivity index (χ4n) is 3.46. The lowest BCUT2D eigenvalue weighted by Crippen LogP contribution is -2.25. The smallest absolute Gasteiger partial charge is 0.335 e. The Hall–Kier alpha value is -2.96. The van der Waals surface area contributed by atoms with Crippen molar-refractivity contribution >= 4 is 29.2 Å². The maximum absolute atomic E-state index is 12.8. The van der Waals surface area contributed by atoms with Crippen LogP contribution in [-0.4, -0.2) is 29.9 Å². The Morgan fingerprint density at radius 2 is 1.50 bits per heavy atom. The van der Waals surface area contributed by atoms with E-state index < -0.39 is 5.97 Å². The number of carboxylic acid groups (broad SMARTS) is 1. The Kier molecular flexibility index (Phi) is 7.83. The Morgan fingerprint density at radius 1 is 0.875 bits per heavy atom. The molecule has 1 N–H and O–H groups in total. The van der Waals surface area contributed by atoms with Crippen molar-refractivity contribution in [3.8, 4) is 11.5 Å². The van der Waals surface area contributed by atoms with Crippen LogP contribution in [0.5, 0.6) is 11.5 Å². The van der Waals surface area contributed by atoms with Gasteiger partial charge in [0.2, 0.25) is 0 Å².